The molecule has 0 unspecified atom stereocenters. The molecule has 0 spiro atoms. The molecular formula is C39H45F3N4O5. The largest absolute Gasteiger partial charge is 0.490 e. The highest BCUT2D eigenvalue weighted by Gasteiger charge is 2.38. The van der Waals surface area contributed by atoms with E-state index in [4.69, 9.17) is 29.0 Å². The third-order valence-electron chi connectivity index (χ3n) is 9.34. The summed E-state index contributed by atoms with van der Waals surface area (Å²) in [4.78, 5) is 20.5. The smallest absolute Gasteiger partial charge is 0.416 e. The molecule has 2 aromatic carbocycles. The van der Waals surface area contributed by atoms with Crippen molar-refractivity contribution in [3.05, 3.63) is 77.5 Å². The molecule has 0 amide bonds. The van der Waals surface area contributed by atoms with Crippen LogP contribution in [0.15, 0.2) is 60.7 Å². The zero-order valence-electron chi connectivity index (χ0n) is 30.1. The number of carbonyl (C=O) groups is 1. The number of methoxy groups -OCH3 is 1. The lowest BCUT2D eigenvalue weighted by Crippen LogP contribution is -2.45. The van der Waals surface area contributed by atoms with Gasteiger partial charge in [0.1, 0.15) is 11.6 Å². The molecule has 3 aliphatic rings. The molecule has 272 valence electrons. The molecule has 2 aromatic heterocycles. The van der Waals surface area contributed by atoms with E-state index >= 15 is 0 Å². The first-order chi connectivity index (χ1) is 24.0. The summed E-state index contributed by atoms with van der Waals surface area (Å²) in [5.41, 5.74) is 1.93. The Morgan fingerprint density at radius 2 is 1.76 bits per heavy atom. The van der Waals surface area contributed by atoms with Gasteiger partial charge in [0.15, 0.2) is 11.8 Å². The van der Waals surface area contributed by atoms with Crippen molar-refractivity contribution in [1.82, 2.24) is 14.6 Å². The lowest BCUT2D eigenvalue weighted by atomic mass is 9.92. The maximum atomic E-state index is 13.9. The highest BCUT2D eigenvalue weighted by Crippen LogP contribution is 2.41. The van der Waals surface area contributed by atoms with Crippen LogP contribution in [0.25, 0.3) is 28.0 Å². The Labute approximate surface area is 296 Å². The number of esters is 1. The number of alkyl halides is 3. The predicted octanol–water partition coefficient (Wildman–Crippen LogP) is 8.52. The normalized spacial score (nSPS) is 21.2. The zero-order valence-corrected chi connectivity index (χ0v) is 30.1. The van der Waals surface area contributed by atoms with Gasteiger partial charge in [0.2, 0.25) is 0 Å². The minimum atomic E-state index is -4.53. The Hall–Kier alpha value is -4.42. The third kappa shape index (κ3) is 7.92. The number of rotatable bonds is 3. The number of carbonyl (C=O) groups excluding carboxylic acids is 1. The van der Waals surface area contributed by atoms with Crippen molar-refractivity contribution in [3.8, 4) is 28.1 Å². The van der Waals surface area contributed by atoms with Gasteiger partial charge < -0.3 is 23.8 Å². The van der Waals surface area contributed by atoms with E-state index in [9.17, 15) is 18.0 Å². The second-order valence-corrected chi connectivity index (χ2v) is 14.5. The van der Waals surface area contributed by atoms with Gasteiger partial charge in [-0.1, -0.05) is 30.4 Å². The first kappa shape index (κ1) is 36.4. The molecule has 51 heavy (non-hydrogen) atoms. The predicted molar refractivity (Wildman–Crippen MR) is 189 cm³/mol. The topological polar surface area (TPSA) is 87.4 Å². The highest BCUT2D eigenvalue weighted by atomic mass is 19.4. The number of fused-ring (bicyclic) bond motifs is 7. The molecule has 4 aromatic rings. The molecule has 9 nitrogen and oxygen atoms in total. The van der Waals surface area contributed by atoms with Gasteiger partial charge in [-0.15, -0.1) is 0 Å². The molecule has 5 heterocycles. The molecule has 7 rings (SSSR count). The van der Waals surface area contributed by atoms with Crippen LogP contribution in [0.4, 0.5) is 19.0 Å². The summed E-state index contributed by atoms with van der Waals surface area (Å²) in [5, 5.41) is 5.03. The summed E-state index contributed by atoms with van der Waals surface area (Å²) >= 11 is 0. The maximum Gasteiger partial charge on any atom is 0.416 e. The van der Waals surface area contributed by atoms with Crippen LogP contribution in [0.2, 0.25) is 0 Å². The van der Waals surface area contributed by atoms with Gasteiger partial charge >= 0.3 is 12.1 Å². The minimum absolute atomic E-state index is 0.305. The molecule has 1 fully saturated rings. The monoisotopic (exact) mass is 706 g/mol. The van der Waals surface area contributed by atoms with Crippen LogP contribution in [0.5, 0.6) is 5.75 Å². The first-order valence-corrected chi connectivity index (χ1v) is 17.2. The molecule has 0 radical (unpaired) electrons. The molecule has 2 atom stereocenters. The number of ether oxygens (including phenoxy) is 4. The Kier molecular flexibility index (Phi) is 9.95. The Morgan fingerprint density at radius 1 is 1.04 bits per heavy atom. The fourth-order valence-corrected chi connectivity index (χ4v) is 6.64. The molecular weight excluding hydrogens is 661 g/mol. The SMILES string of the molecule is COC(=O)[C@@H](OC(C)(C)C)c1c(C)nc2cc3nn2c1N1CCC(C)(CC1)OC/C=C\C[C@H](C)Oc1ccc(C(F)(F)F)cc1-c1cccc-3c1. The molecule has 12 heteroatoms. The average Bonchev–Trinajstić information content (AvgIpc) is 3.49. The number of piperidine rings is 1. The van der Waals surface area contributed by atoms with Gasteiger partial charge in [-0.05, 0) is 84.2 Å². The maximum absolute atomic E-state index is 13.9. The van der Waals surface area contributed by atoms with Gasteiger partial charge in [-0.2, -0.15) is 22.8 Å². The van der Waals surface area contributed by atoms with Crippen molar-refractivity contribution < 1.29 is 36.9 Å². The number of aromatic nitrogens is 3. The van der Waals surface area contributed by atoms with Gasteiger partial charge in [0.05, 0.1) is 47.8 Å². The van der Waals surface area contributed by atoms with Crippen molar-refractivity contribution in [2.45, 2.75) is 90.4 Å². The Bertz CT molecular complexity index is 1940. The number of nitrogens with zero attached hydrogens (tertiary/aromatic N) is 4. The quantitative estimate of drug-likeness (QED) is 0.155. The molecule has 3 aliphatic heterocycles. The lowest BCUT2D eigenvalue weighted by Gasteiger charge is -2.41. The lowest BCUT2D eigenvalue weighted by molar-refractivity contribution is -0.164. The van der Waals surface area contributed by atoms with E-state index in [2.05, 4.69) is 11.8 Å². The molecule has 1 saturated heterocycles. The minimum Gasteiger partial charge on any atom is -0.490 e. The average molecular weight is 707 g/mol. The molecule has 0 aliphatic carbocycles. The van der Waals surface area contributed by atoms with E-state index in [1.807, 2.05) is 65.0 Å². The van der Waals surface area contributed by atoms with Crippen LogP contribution in [0, 0.1) is 6.92 Å². The second-order valence-electron chi connectivity index (χ2n) is 14.5. The van der Waals surface area contributed by atoms with Crippen molar-refractivity contribution in [3.63, 3.8) is 0 Å². The van der Waals surface area contributed by atoms with Crippen LogP contribution in [-0.2, 0) is 25.2 Å². The highest BCUT2D eigenvalue weighted by molar-refractivity contribution is 5.81. The van der Waals surface area contributed by atoms with E-state index < -0.39 is 29.4 Å². The summed E-state index contributed by atoms with van der Waals surface area (Å²) in [5.74, 6) is 0.456. The van der Waals surface area contributed by atoms with E-state index in [-0.39, 0.29) is 11.7 Å². The first-order valence-electron chi connectivity index (χ1n) is 17.2. The van der Waals surface area contributed by atoms with Crippen LogP contribution >= 0.6 is 0 Å². The fraction of sp³-hybridized carbons (Fsp3) is 0.462. The summed E-state index contributed by atoms with van der Waals surface area (Å²) in [6.45, 7) is 13.1. The van der Waals surface area contributed by atoms with Gasteiger partial charge in [-0.25, -0.2) is 9.78 Å². The van der Waals surface area contributed by atoms with Crippen LogP contribution < -0.4 is 9.64 Å². The number of hydrogen-bond donors (Lipinski definition) is 0. The Balaban J connectivity index is 1.56. The fourth-order valence-electron chi connectivity index (χ4n) is 6.64. The van der Waals surface area contributed by atoms with E-state index in [1.165, 1.54) is 13.2 Å². The van der Waals surface area contributed by atoms with E-state index in [0.717, 1.165) is 25.0 Å². The summed E-state index contributed by atoms with van der Waals surface area (Å²) in [6, 6.07) is 12.6. The third-order valence-corrected chi connectivity index (χ3v) is 9.34. The van der Waals surface area contributed by atoms with Gasteiger partial charge in [-0.3, -0.25) is 0 Å². The van der Waals surface area contributed by atoms with Crippen LogP contribution in [0.3, 0.4) is 0 Å². The number of benzene rings is 2. The molecule has 0 N–H and O–H groups in total. The summed E-state index contributed by atoms with van der Waals surface area (Å²) in [6.07, 6.45) is -0.00340. The van der Waals surface area contributed by atoms with Gasteiger partial charge in [0.25, 0.3) is 0 Å². The standard InChI is InChI=1S/C39H45F3N4O5/c1-24-11-8-9-20-49-38(6)16-18-45(19-17-38)35-33(34(36(47)48-7)51-37(3,4)5)25(2)43-32-23-30(44-46(32)35)27-13-10-12-26(21-27)29-22-28(39(40,41)42)14-15-31(29)50-24/h8-10,12-15,21-24,34H,11,16-20H2,1-7H3/b9-8-/t24-,34-/m0/s1. The number of halogens is 3. The van der Waals surface area contributed by atoms with Crippen molar-refractivity contribution in [2.75, 3.05) is 31.7 Å². The molecule has 0 saturated carbocycles. The van der Waals surface area contributed by atoms with E-state index in [0.29, 0.717) is 77.0 Å². The summed E-state index contributed by atoms with van der Waals surface area (Å²) in [7, 11) is 1.33. The second kappa shape index (κ2) is 14.0. The van der Waals surface area contributed by atoms with Crippen molar-refractivity contribution in [2.24, 2.45) is 0 Å². The van der Waals surface area contributed by atoms with Gasteiger partial charge in [0, 0.05) is 42.4 Å². The van der Waals surface area contributed by atoms with Crippen LogP contribution in [0.1, 0.15) is 76.8 Å². The van der Waals surface area contributed by atoms with Crippen molar-refractivity contribution >= 4 is 17.4 Å². The number of aryl methyl sites for hydroxylation is 1. The number of hydrogen-bond acceptors (Lipinski definition) is 8. The van der Waals surface area contributed by atoms with E-state index in [1.54, 1.807) is 16.6 Å². The number of anilines is 1. The molecule has 6 bridgehead atoms. The Morgan fingerprint density at radius 3 is 2.45 bits per heavy atom. The zero-order chi connectivity index (χ0) is 36.7. The van der Waals surface area contributed by atoms with Crippen molar-refractivity contribution in [1.29, 1.82) is 0 Å². The summed E-state index contributed by atoms with van der Waals surface area (Å²) < 4.78 is 67.8. The van der Waals surface area contributed by atoms with Crippen LogP contribution in [-0.4, -0.2) is 64.7 Å².